The van der Waals surface area contributed by atoms with Crippen molar-refractivity contribution in [1.82, 2.24) is 4.58 Å². The molecule has 0 bridgehead atoms. The highest BCUT2D eigenvalue weighted by Crippen LogP contribution is 2.55. The SMILES string of the molecule is CCN1c2cc3c(cc2C(C)CC1(C)C)C(C(F)(F)C(F)(F)C(F)(F)C(=O)O)=c1cc2c(cc1O3)=[N+](CC)C(C)(C)CC2C. The lowest BCUT2D eigenvalue weighted by Gasteiger charge is -2.47. The van der Waals surface area contributed by atoms with Crippen LogP contribution in [0.4, 0.5) is 32.0 Å². The molecule has 240 valence electrons. The Morgan fingerprint density at radius 3 is 2.14 bits per heavy atom. The van der Waals surface area contributed by atoms with Crippen LogP contribution in [0.2, 0.25) is 0 Å². The first-order valence-electron chi connectivity index (χ1n) is 15.0. The van der Waals surface area contributed by atoms with Crippen molar-refractivity contribution in [3.8, 4) is 11.5 Å². The number of ether oxygens (including phenoxy) is 1. The van der Waals surface area contributed by atoms with Gasteiger partial charge in [0.1, 0.15) is 18.0 Å². The molecule has 0 fully saturated rings. The van der Waals surface area contributed by atoms with E-state index in [1.165, 1.54) is 24.3 Å². The molecule has 2 unspecified atom stereocenters. The van der Waals surface area contributed by atoms with Gasteiger partial charge in [-0.05, 0) is 77.5 Å². The monoisotopic (exact) mass is 625 g/mol. The second-order valence-corrected chi connectivity index (χ2v) is 13.6. The van der Waals surface area contributed by atoms with Gasteiger partial charge in [0.05, 0.1) is 6.07 Å². The fourth-order valence-corrected chi connectivity index (χ4v) is 7.87. The van der Waals surface area contributed by atoms with Gasteiger partial charge in [-0.15, -0.1) is 0 Å². The highest BCUT2D eigenvalue weighted by molar-refractivity contribution is 5.85. The maximum absolute atomic E-state index is 16.3. The molecule has 5 rings (SSSR count). The fourth-order valence-electron chi connectivity index (χ4n) is 7.87. The first-order chi connectivity index (χ1) is 20.1. The average Bonchev–Trinajstić information content (AvgIpc) is 2.89. The number of carboxylic acids is 1. The number of hydrogen-bond donors (Lipinski definition) is 1. The molecule has 3 heterocycles. The zero-order valence-corrected chi connectivity index (χ0v) is 26.2. The summed E-state index contributed by atoms with van der Waals surface area (Å²) in [7, 11) is 0. The van der Waals surface area contributed by atoms with Crippen LogP contribution in [0.3, 0.4) is 0 Å². The minimum Gasteiger partial charge on any atom is -0.477 e. The first-order valence-corrected chi connectivity index (χ1v) is 15.0. The van der Waals surface area contributed by atoms with Crippen LogP contribution in [0.1, 0.15) is 96.8 Å². The van der Waals surface area contributed by atoms with Crippen molar-refractivity contribution in [1.29, 1.82) is 0 Å². The Hall–Kier alpha value is -3.24. The van der Waals surface area contributed by atoms with Gasteiger partial charge in [-0.3, -0.25) is 0 Å². The number of nitrogens with zero attached hydrogens (tertiary/aromatic N) is 2. The molecule has 3 aliphatic heterocycles. The number of rotatable bonds is 6. The van der Waals surface area contributed by atoms with Crippen LogP contribution in [0, 0.1) is 0 Å². The van der Waals surface area contributed by atoms with Gasteiger partial charge in [0.15, 0.2) is 5.54 Å². The van der Waals surface area contributed by atoms with Crippen molar-refractivity contribution < 1.29 is 41.0 Å². The molecule has 0 spiro atoms. The molecular formula is C33H39F6N2O3+. The zero-order chi connectivity index (χ0) is 32.9. The Kier molecular flexibility index (Phi) is 7.22. The van der Waals surface area contributed by atoms with E-state index in [0.717, 1.165) is 0 Å². The van der Waals surface area contributed by atoms with Gasteiger partial charge in [-0.2, -0.15) is 26.3 Å². The fraction of sp³-hybridized carbons (Fsp3) is 0.576. The molecule has 0 saturated heterocycles. The molecule has 2 atom stereocenters. The number of fused-ring (bicyclic) bond motifs is 4. The maximum Gasteiger partial charge on any atom is 0.410 e. The van der Waals surface area contributed by atoms with E-state index < -0.39 is 40.1 Å². The number of halogens is 6. The highest BCUT2D eigenvalue weighted by Gasteiger charge is 2.77. The molecule has 2 aromatic carbocycles. The van der Waals surface area contributed by atoms with Gasteiger partial charge in [-0.25, -0.2) is 9.37 Å². The highest BCUT2D eigenvalue weighted by atomic mass is 19.3. The third-order valence-electron chi connectivity index (χ3n) is 9.74. The zero-order valence-electron chi connectivity index (χ0n) is 26.2. The molecule has 5 nitrogen and oxygen atoms in total. The summed E-state index contributed by atoms with van der Waals surface area (Å²) in [5, 5.41) is 9.13. The summed E-state index contributed by atoms with van der Waals surface area (Å²) < 4.78 is 100. The largest absolute Gasteiger partial charge is 0.477 e. The quantitative estimate of drug-likeness (QED) is 0.281. The summed E-state index contributed by atoms with van der Waals surface area (Å²) in [6.45, 7) is 16.9. The van der Waals surface area contributed by atoms with E-state index in [1.54, 1.807) is 0 Å². The topological polar surface area (TPSA) is 52.8 Å². The molecule has 0 aromatic heterocycles. The van der Waals surface area contributed by atoms with Gasteiger partial charge >= 0.3 is 23.7 Å². The molecule has 0 radical (unpaired) electrons. The number of aliphatic carboxylic acids is 1. The number of benzene rings is 2. The van der Waals surface area contributed by atoms with E-state index in [0.29, 0.717) is 48.1 Å². The van der Waals surface area contributed by atoms with Gasteiger partial charge < -0.3 is 14.7 Å². The summed E-state index contributed by atoms with van der Waals surface area (Å²) in [6.07, 6.45) is 1.24. The van der Waals surface area contributed by atoms with Crippen molar-refractivity contribution in [2.24, 2.45) is 0 Å². The van der Waals surface area contributed by atoms with Crippen LogP contribution in [0.5, 0.6) is 11.5 Å². The number of carboxylic acid groups (broad SMARTS) is 1. The van der Waals surface area contributed by atoms with Crippen molar-refractivity contribution in [3.05, 3.63) is 51.5 Å². The summed E-state index contributed by atoms with van der Waals surface area (Å²) in [5.74, 6) is -22.0. The lowest BCUT2D eigenvalue weighted by Crippen LogP contribution is -2.59. The lowest BCUT2D eigenvalue weighted by molar-refractivity contribution is -0.284. The normalized spacial score (nSPS) is 22.5. The van der Waals surface area contributed by atoms with E-state index in [1.807, 2.05) is 55.4 Å². The third-order valence-corrected chi connectivity index (χ3v) is 9.74. The molecule has 0 aliphatic carbocycles. The van der Waals surface area contributed by atoms with E-state index in [2.05, 4.69) is 9.48 Å². The smallest absolute Gasteiger partial charge is 0.410 e. The third kappa shape index (κ3) is 4.35. The second kappa shape index (κ2) is 9.88. The number of anilines is 1. The van der Waals surface area contributed by atoms with Gasteiger partial charge in [0, 0.05) is 52.2 Å². The van der Waals surface area contributed by atoms with Crippen LogP contribution < -0.4 is 24.8 Å². The molecule has 2 aromatic rings. The molecule has 11 heteroatoms. The Morgan fingerprint density at radius 2 is 1.57 bits per heavy atom. The number of alkyl halides is 6. The first kappa shape index (κ1) is 32.2. The Morgan fingerprint density at radius 1 is 0.955 bits per heavy atom. The van der Waals surface area contributed by atoms with Crippen molar-refractivity contribution in [3.63, 3.8) is 0 Å². The molecule has 3 aliphatic rings. The van der Waals surface area contributed by atoms with Gasteiger partial charge in [-0.1, -0.05) is 13.8 Å². The van der Waals surface area contributed by atoms with Crippen molar-refractivity contribution >= 4 is 17.2 Å². The van der Waals surface area contributed by atoms with Crippen LogP contribution in [-0.4, -0.2) is 53.0 Å². The minimum absolute atomic E-state index is 0.185. The van der Waals surface area contributed by atoms with E-state index >= 15 is 17.6 Å². The minimum atomic E-state index is -6.27. The van der Waals surface area contributed by atoms with E-state index in [9.17, 15) is 13.6 Å². The molecule has 44 heavy (non-hydrogen) atoms. The number of carbonyl (C=O) groups is 1. The molecule has 1 N–H and O–H groups in total. The second-order valence-electron chi connectivity index (χ2n) is 13.6. The predicted molar refractivity (Wildman–Crippen MR) is 156 cm³/mol. The molecule has 0 amide bonds. The summed E-state index contributed by atoms with van der Waals surface area (Å²) in [4.78, 5) is 13.3. The average molecular weight is 626 g/mol. The molecular weight excluding hydrogens is 586 g/mol. The van der Waals surface area contributed by atoms with Crippen LogP contribution >= 0.6 is 0 Å². The van der Waals surface area contributed by atoms with Crippen LogP contribution in [0.15, 0.2) is 24.3 Å². The van der Waals surface area contributed by atoms with Crippen molar-refractivity contribution in [2.45, 2.75) is 109 Å². The Labute approximate surface area is 252 Å². The van der Waals surface area contributed by atoms with Gasteiger partial charge in [0.2, 0.25) is 5.36 Å². The van der Waals surface area contributed by atoms with E-state index in [-0.39, 0.29) is 34.4 Å². The predicted octanol–water partition coefficient (Wildman–Crippen LogP) is 6.89. The number of hydrogen-bond acceptors (Lipinski definition) is 3. The maximum atomic E-state index is 16.3. The molecule has 0 saturated carbocycles. The van der Waals surface area contributed by atoms with Crippen LogP contribution in [0.25, 0.3) is 5.57 Å². The summed E-state index contributed by atoms with van der Waals surface area (Å²) >= 11 is 0. The van der Waals surface area contributed by atoms with Crippen molar-refractivity contribution in [2.75, 3.05) is 18.0 Å². The van der Waals surface area contributed by atoms with Gasteiger partial charge in [0.25, 0.3) is 0 Å². The van der Waals surface area contributed by atoms with E-state index in [4.69, 9.17) is 9.84 Å². The van der Waals surface area contributed by atoms with Crippen LogP contribution in [-0.2, 0) is 4.79 Å². The Balaban J connectivity index is 1.94. The Bertz CT molecular complexity index is 1680. The lowest BCUT2D eigenvalue weighted by atomic mass is 9.77. The summed E-state index contributed by atoms with van der Waals surface area (Å²) in [5.41, 5.74) is -0.625. The standard InChI is InChI=1S/C33H38F6N2O3/c1-9-40-23-13-25-21(11-19(23)17(3)15-29(40,5)6)27(31(34,35)33(38,39)32(36,37)28(42)43)22-12-20-18(4)16-30(7,8)41(10-2)24(20)14-26(22)44-25/h11-14,17-18H,9-10,15-16H2,1-8H3/p+1. The summed E-state index contributed by atoms with van der Waals surface area (Å²) in [6, 6.07) is 5.70.